The zero-order chi connectivity index (χ0) is 15.7. The number of hydrogen-bond acceptors (Lipinski definition) is 5. The van der Waals surface area contributed by atoms with Crippen LogP contribution in [0.25, 0.3) is 0 Å². The van der Waals surface area contributed by atoms with Crippen molar-refractivity contribution in [3.63, 3.8) is 0 Å². The molecule has 0 radical (unpaired) electrons. The normalized spacial score (nSPS) is 13.6. The molecule has 0 saturated carbocycles. The molecule has 1 aliphatic carbocycles. The molecule has 0 unspecified atom stereocenters. The number of nitrogens with one attached hydrogen (secondary N) is 1. The lowest BCUT2D eigenvalue weighted by Crippen LogP contribution is -2.22. The molecular formula is C15H15N3O3S. The number of nitrogens with zero attached hydrogens (tertiary/aromatic N) is 2. The molecule has 0 aliphatic heterocycles. The van der Waals surface area contributed by atoms with Crippen LogP contribution in [0.2, 0.25) is 0 Å². The van der Waals surface area contributed by atoms with E-state index in [1.165, 1.54) is 34.4 Å². The number of benzene rings is 1. The molecule has 0 atom stereocenters. The van der Waals surface area contributed by atoms with Crippen LogP contribution in [0.15, 0.2) is 24.3 Å². The highest BCUT2D eigenvalue weighted by molar-refractivity contribution is 7.09. The first-order valence-electron chi connectivity index (χ1n) is 7.10. The Kier molecular flexibility index (Phi) is 3.89. The molecule has 0 spiro atoms. The molecule has 1 aliphatic rings. The summed E-state index contributed by atoms with van der Waals surface area (Å²) in [5.74, 6) is -0.201. The number of Topliss-reactive ketones (excluding diaryl/α,β-unsaturated/α-hetero) is 1. The minimum atomic E-state index is -0.508. The predicted octanol–water partition coefficient (Wildman–Crippen LogP) is 2.70. The van der Waals surface area contributed by atoms with Crippen LogP contribution in [0.5, 0.6) is 0 Å². The van der Waals surface area contributed by atoms with E-state index in [9.17, 15) is 14.9 Å². The average Bonchev–Trinajstić information content (AvgIpc) is 2.83. The van der Waals surface area contributed by atoms with Crippen molar-refractivity contribution in [3.8, 4) is 0 Å². The number of aryl methyl sites for hydroxylation is 1. The predicted molar refractivity (Wildman–Crippen MR) is 82.2 cm³/mol. The van der Waals surface area contributed by atoms with Crippen molar-refractivity contribution < 1.29 is 9.72 Å². The van der Waals surface area contributed by atoms with Gasteiger partial charge in [-0.3, -0.25) is 20.3 Å². The summed E-state index contributed by atoms with van der Waals surface area (Å²) in [5, 5.41) is 18.9. The van der Waals surface area contributed by atoms with Crippen LogP contribution in [-0.4, -0.2) is 15.3 Å². The Hall–Kier alpha value is -2.28. The van der Waals surface area contributed by atoms with Gasteiger partial charge in [0, 0.05) is 28.3 Å². The second-order valence-corrected chi connectivity index (χ2v) is 6.38. The average molecular weight is 317 g/mol. The van der Waals surface area contributed by atoms with Crippen molar-refractivity contribution in [3.05, 3.63) is 55.3 Å². The molecule has 1 aromatic heterocycles. The lowest BCUT2D eigenvalue weighted by atomic mass is 10.0. The van der Waals surface area contributed by atoms with Gasteiger partial charge < -0.3 is 4.57 Å². The summed E-state index contributed by atoms with van der Waals surface area (Å²) in [4.78, 5) is 24.3. The van der Waals surface area contributed by atoms with Gasteiger partial charge in [-0.1, -0.05) is 12.1 Å². The van der Waals surface area contributed by atoms with Crippen molar-refractivity contribution in [1.29, 1.82) is 5.41 Å². The van der Waals surface area contributed by atoms with Crippen molar-refractivity contribution in [2.75, 3.05) is 0 Å². The van der Waals surface area contributed by atoms with Gasteiger partial charge in [0.25, 0.3) is 5.69 Å². The molecule has 1 heterocycles. The van der Waals surface area contributed by atoms with Gasteiger partial charge in [0.1, 0.15) is 0 Å². The van der Waals surface area contributed by atoms with E-state index in [-0.39, 0.29) is 18.0 Å². The number of carbonyl (C=O) groups is 1. The SMILES string of the molecule is N=c1sc2c(n1CC(=O)c1cccc([N+](=O)[O-])c1)CCCC2. The van der Waals surface area contributed by atoms with Crippen molar-refractivity contribution in [1.82, 2.24) is 4.57 Å². The largest absolute Gasteiger partial charge is 0.313 e. The molecule has 1 N–H and O–H groups in total. The van der Waals surface area contributed by atoms with Crippen molar-refractivity contribution >= 4 is 22.8 Å². The number of ketones is 1. The first-order valence-corrected chi connectivity index (χ1v) is 7.91. The van der Waals surface area contributed by atoms with E-state index in [0.717, 1.165) is 31.4 Å². The third-order valence-electron chi connectivity index (χ3n) is 3.86. The molecule has 0 fully saturated rings. The van der Waals surface area contributed by atoms with Gasteiger partial charge in [0.2, 0.25) is 0 Å². The van der Waals surface area contributed by atoms with E-state index in [1.807, 2.05) is 0 Å². The van der Waals surface area contributed by atoms with Gasteiger partial charge in [-0.25, -0.2) is 0 Å². The molecular weight excluding hydrogens is 302 g/mol. The number of thiazole rings is 1. The summed E-state index contributed by atoms with van der Waals surface area (Å²) in [7, 11) is 0. The second kappa shape index (κ2) is 5.84. The van der Waals surface area contributed by atoms with Gasteiger partial charge in [-0.2, -0.15) is 0 Å². The fraction of sp³-hybridized carbons (Fsp3) is 0.333. The smallest absolute Gasteiger partial charge is 0.270 e. The van der Waals surface area contributed by atoms with E-state index in [2.05, 4.69) is 0 Å². The fourth-order valence-corrected chi connectivity index (χ4v) is 3.84. The fourth-order valence-electron chi connectivity index (χ4n) is 2.75. The van der Waals surface area contributed by atoms with E-state index in [4.69, 9.17) is 5.41 Å². The number of rotatable bonds is 4. The Bertz CT molecular complexity index is 807. The van der Waals surface area contributed by atoms with E-state index >= 15 is 0 Å². The van der Waals surface area contributed by atoms with E-state index in [1.54, 1.807) is 10.6 Å². The zero-order valence-electron chi connectivity index (χ0n) is 11.9. The minimum Gasteiger partial charge on any atom is -0.313 e. The molecule has 0 bridgehead atoms. The lowest BCUT2D eigenvalue weighted by molar-refractivity contribution is -0.384. The van der Waals surface area contributed by atoms with Crippen molar-refractivity contribution in [2.24, 2.45) is 0 Å². The topological polar surface area (TPSA) is 89.0 Å². The molecule has 6 nitrogen and oxygen atoms in total. The van der Waals surface area contributed by atoms with Crippen LogP contribution in [0.1, 0.15) is 33.8 Å². The maximum Gasteiger partial charge on any atom is 0.270 e. The molecule has 3 rings (SSSR count). The maximum atomic E-state index is 12.4. The van der Waals surface area contributed by atoms with Gasteiger partial charge in [0.05, 0.1) is 11.5 Å². The van der Waals surface area contributed by atoms with E-state index < -0.39 is 4.92 Å². The number of non-ortho nitro benzene ring substituents is 1. The Morgan fingerprint density at radius 2 is 2.14 bits per heavy atom. The molecule has 2 aromatic rings. The lowest BCUT2D eigenvalue weighted by Gasteiger charge is -2.14. The summed E-state index contributed by atoms with van der Waals surface area (Å²) in [6.07, 6.45) is 4.08. The highest BCUT2D eigenvalue weighted by Gasteiger charge is 2.19. The summed E-state index contributed by atoms with van der Waals surface area (Å²) >= 11 is 1.43. The standard InChI is InChI=1S/C15H15N3O3S/c16-15-17(12-6-1-2-7-14(12)22-15)9-13(19)10-4-3-5-11(8-10)18(20)21/h3-5,8,16H,1-2,6-7,9H2. The number of nitro benzene ring substituents is 1. The zero-order valence-corrected chi connectivity index (χ0v) is 12.7. The number of fused-ring (bicyclic) bond motifs is 1. The maximum absolute atomic E-state index is 12.4. The summed E-state index contributed by atoms with van der Waals surface area (Å²) < 4.78 is 1.75. The number of nitro groups is 1. The number of hydrogen-bond donors (Lipinski definition) is 1. The van der Waals surface area contributed by atoms with Crippen LogP contribution in [-0.2, 0) is 19.4 Å². The van der Waals surface area contributed by atoms with Crippen LogP contribution in [0, 0.1) is 15.5 Å². The second-order valence-electron chi connectivity index (χ2n) is 5.30. The summed E-state index contributed by atoms with van der Waals surface area (Å²) in [6, 6.07) is 5.76. The molecule has 114 valence electrons. The summed E-state index contributed by atoms with van der Waals surface area (Å²) in [5.41, 5.74) is 1.31. The van der Waals surface area contributed by atoms with Crippen LogP contribution in [0.3, 0.4) is 0 Å². The van der Waals surface area contributed by atoms with Gasteiger partial charge in [-0.15, -0.1) is 11.3 Å². The van der Waals surface area contributed by atoms with Crippen LogP contribution >= 0.6 is 11.3 Å². The Balaban J connectivity index is 1.89. The highest BCUT2D eigenvalue weighted by Crippen LogP contribution is 2.24. The quantitative estimate of drug-likeness (QED) is 0.534. The third-order valence-corrected chi connectivity index (χ3v) is 4.96. The van der Waals surface area contributed by atoms with Crippen LogP contribution in [0.4, 0.5) is 5.69 Å². The first-order chi connectivity index (χ1) is 10.6. The molecule has 22 heavy (non-hydrogen) atoms. The van der Waals surface area contributed by atoms with Crippen LogP contribution < -0.4 is 4.80 Å². The Labute approximate surface area is 130 Å². The Morgan fingerprint density at radius 1 is 1.36 bits per heavy atom. The highest BCUT2D eigenvalue weighted by atomic mass is 32.1. The van der Waals surface area contributed by atoms with Gasteiger partial charge in [-0.05, 0) is 25.7 Å². The van der Waals surface area contributed by atoms with Gasteiger partial charge in [0.15, 0.2) is 10.6 Å². The summed E-state index contributed by atoms with van der Waals surface area (Å²) in [6.45, 7) is 0.0752. The third kappa shape index (κ3) is 2.71. The molecule has 0 saturated heterocycles. The first kappa shape index (κ1) is 14.6. The molecule has 1 aromatic carbocycles. The number of aromatic nitrogens is 1. The molecule has 0 amide bonds. The number of carbonyl (C=O) groups excluding carboxylic acids is 1. The Morgan fingerprint density at radius 3 is 2.91 bits per heavy atom. The minimum absolute atomic E-state index is 0.0752. The molecule has 7 heteroatoms. The van der Waals surface area contributed by atoms with Crippen molar-refractivity contribution in [2.45, 2.75) is 32.2 Å². The van der Waals surface area contributed by atoms with Gasteiger partial charge >= 0.3 is 0 Å². The monoisotopic (exact) mass is 317 g/mol. The van der Waals surface area contributed by atoms with E-state index in [0.29, 0.717) is 10.4 Å².